The summed E-state index contributed by atoms with van der Waals surface area (Å²) >= 11 is 0. The Morgan fingerprint density at radius 3 is 2.79 bits per heavy atom. The van der Waals surface area contributed by atoms with Crippen LogP contribution in [0.4, 0.5) is 0 Å². The molecule has 3 rings (SSSR count). The van der Waals surface area contributed by atoms with E-state index in [-0.39, 0.29) is 23.3 Å². The van der Waals surface area contributed by atoms with Gasteiger partial charge >= 0.3 is 0 Å². The van der Waals surface area contributed by atoms with Crippen LogP contribution in [0.1, 0.15) is 52.0 Å². The van der Waals surface area contributed by atoms with Crippen LogP contribution in [0.25, 0.3) is 0 Å². The van der Waals surface area contributed by atoms with Crippen molar-refractivity contribution in [1.29, 1.82) is 0 Å². The van der Waals surface area contributed by atoms with E-state index in [2.05, 4.69) is 61.2 Å². The first kappa shape index (κ1) is 17.4. The van der Waals surface area contributed by atoms with Gasteiger partial charge in [0.1, 0.15) is 0 Å². The second-order valence-corrected chi connectivity index (χ2v) is 8.21. The van der Waals surface area contributed by atoms with E-state index < -0.39 is 0 Å². The van der Waals surface area contributed by atoms with E-state index in [1.165, 1.54) is 12.0 Å². The molecule has 0 bridgehead atoms. The smallest absolute Gasteiger partial charge is 0.224 e. The van der Waals surface area contributed by atoms with Crippen LogP contribution in [-0.2, 0) is 10.2 Å². The Morgan fingerprint density at radius 1 is 1.29 bits per heavy atom. The molecular weight excluding hydrogens is 298 g/mol. The van der Waals surface area contributed by atoms with Gasteiger partial charge in [-0.05, 0) is 43.1 Å². The first-order chi connectivity index (χ1) is 11.5. The fraction of sp³-hybridized carbons (Fsp3) is 0.650. The minimum Gasteiger partial charge on any atom is -0.353 e. The molecule has 2 fully saturated rings. The van der Waals surface area contributed by atoms with E-state index in [9.17, 15) is 4.79 Å². The van der Waals surface area contributed by atoms with Gasteiger partial charge in [-0.2, -0.15) is 0 Å². The van der Waals surface area contributed by atoms with Crippen LogP contribution in [0, 0.1) is 11.8 Å². The van der Waals surface area contributed by atoms with Gasteiger partial charge in [0.25, 0.3) is 0 Å². The van der Waals surface area contributed by atoms with Gasteiger partial charge in [0.15, 0.2) is 0 Å². The summed E-state index contributed by atoms with van der Waals surface area (Å²) < 4.78 is 0. The molecule has 1 saturated heterocycles. The number of hydrazine groups is 1. The number of amides is 1. The van der Waals surface area contributed by atoms with E-state index in [1.807, 2.05) is 6.07 Å². The minimum atomic E-state index is 0.0518. The molecule has 1 aromatic rings. The molecule has 4 nitrogen and oxygen atoms in total. The highest BCUT2D eigenvalue weighted by Gasteiger charge is 2.40. The van der Waals surface area contributed by atoms with Crippen molar-refractivity contribution in [3.63, 3.8) is 0 Å². The predicted octanol–water partition coefficient (Wildman–Crippen LogP) is 2.75. The molecule has 4 atom stereocenters. The molecule has 132 valence electrons. The number of rotatable bonds is 5. The van der Waals surface area contributed by atoms with E-state index in [4.69, 9.17) is 0 Å². The Kier molecular flexibility index (Phi) is 5.26. The highest BCUT2D eigenvalue weighted by molar-refractivity contribution is 5.80. The van der Waals surface area contributed by atoms with Crippen LogP contribution in [-0.4, -0.2) is 24.5 Å². The van der Waals surface area contributed by atoms with Crippen molar-refractivity contribution in [2.24, 2.45) is 11.8 Å². The molecule has 4 heteroatoms. The van der Waals surface area contributed by atoms with Gasteiger partial charge < -0.3 is 5.32 Å². The summed E-state index contributed by atoms with van der Waals surface area (Å²) in [5.41, 5.74) is 7.93. The molecule has 0 radical (unpaired) electrons. The van der Waals surface area contributed by atoms with Crippen LogP contribution in [0.3, 0.4) is 0 Å². The lowest BCUT2D eigenvalue weighted by molar-refractivity contribution is -0.127. The maximum atomic E-state index is 12.8. The average molecular weight is 329 g/mol. The zero-order valence-electron chi connectivity index (χ0n) is 15.1. The molecule has 1 aliphatic carbocycles. The molecule has 3 N–H and O–H groups in total. The summed E-state index contributed by atoms with van der Waals surface area (Å²) in [4.78, 5) is 12.8. The molecule has 1 amide bonds. The summed E-state index contributed by atoms with van der Waals surface area (Å²) in [7, 11) is 0. The van der Waals surface area contributed by atoms with Gasteiger partial charge in [0.2, 0.25) is 5.91 Å². The Bertz CT molecular complexity index is 557. The molecule has 1 aromatic carbocycles. The number of benzene rings is 1. The largest absolute Gasteiger partial charge is 0.353 e. The van der Waals surface area contributed by atoms with Crippen LogP contribution in [0.2, 0.25) is 0 Å². The van der Waals surface area contributed by atoms with Gasteiger partial charge in [0.05, 0.1) is 5.92 Å². The third kappa shape index (κ3) is 3.81. The molecule has 0 aromatic heterocycles. The van der Waals surface area contributed by atoms with Crippen LogP contribution in [0.15, 0.2) is 30.3 Å². The van der Waals surface area contributed by atoms with Crippen LogP contribution < -0.4 is 16.2 Å². The second-order valence-electron chi connectivity index (χ2n) is 8.21. The molecule has 24 heavy (non-hydrogen) atoms. The van der Waals surface area contributed by atoms with Crippen molar-refractivity contribution >= 4 is 5.91 Å². The Balaban J connectivity index is 1.58. The Morgan fingerprint density at radius 2 is 2.04 bits per heavy atom. The predicted molar refractivity (Wildman–Crippen MR) is 97.4 cm³/mol. The Labute approximate surface area is 145 Å². The SMILES string of the molecule is CC(CC(C)(C)c1ccccc1)NC(=O)C1CCCC2CNNC21. The molecule has 1 heterocycles. The van der Waals surface area contributed by atoms with Gasteiger partial charge in [-0.15, -0.1) is 0 Å². The maximum Gasteiger partial charge on any atom is 0.224 e. The van der Waals surface area contributed by atoms with Crippen molar-refractivity contribution in [1.82, 2.24) is 16.2 Å². The normalized spacial score (nSPS) is 28.2. The zero-order chi connectivity index (χ0) is 17.2. The van der Waals surface area contributed by atoms with Crippen molar-refractivity contribution in [3.05, 3.63) is 35.9 Å². The lowest BCUT2D eigenvalue weighted by Gasteiger charge is -2.34. The number of carbonyl (C=O) groups excluding carboxylic acids is 1. The van der Waals surface area contributed by atoms with Crippen LogP contribution in [0.5, 0.6) is 0 Å². The molecule has 1 aliphatic heterocycles. The van der Waals surface area contributed by atoms with Gasteiger partial charge in [-0.3, -0.25) is 15.6 Å². The Hall–Kier alpha value is -1.39. The molecule has 1 saturated carbocycles. The number of hydrogen-bond donors (Lipinski definition) is 3. The minimum absolute atomic E-state index is 0.0518. The van der Waals surface area contributed by atoms with Crippen molar-refractivity contribution in [3.8, 4) is 0 Å². The highest BCUT2D eigenvalue weighted by atomic mass is 16.2. The van der Waals surface area contributed by atoms with E-state index in [0.29, 0.717) is 12.0 Å². The fourth-order valence-corrected chi connectivity index (χ4v) is 4.51. The van der Waals surface area contributed by atoms with E-state index in [0.717, 1.165) is 25.8 Å². The monoisotopic (exact) mass is 329 g/mol. The van der Waals surface area contributed by atoms with Crippen LogP contribution >= 0.6 is 0 Å². The molecular formula is C20H31N3O. The summed E-state index contributed by atoms with van der Waals surface area (Å²) in [5, 5.41) is 3.28. The third-order valence-corrected chi connectivity index (χ3v) is 5.76. The second kappa shape index (κ2) is 7.24. The molecule has 0 spiro atoms. The molecule has 2 aliphatic rings. The topological polar surface area (TPSA) is 53.2 Å². The number of hydrogen-bond acceptors (Lipinski definition) is 3. The van der Waals surface area contributed by atoms with E-state index >= 15 is 0 Å². The maximum absolute atomic E-state index is 12.8. The standard InChI is InChI=1S/C20H31N3O/c1-14(12-20(2,3)16-9-5-4-6-10-16)22-19(24)17-11-7-8-15-13-21-23-18(15)17/h4-6,9-10,14-15,17-18,21,23H,7-8,11-13H2,1-3H3,(H,22,24). The first-order valence-electron chi connectivity index (χ1n) is 9.31. The average Bonchev–Trinajstić information content (AvgIpc) is 3.03. The number of fused-ring (bicyclic) bond motifs is 1. The quantitative estimate of drug-likeness (QED) is 0.778. The van der Waals surface area contributed by atoms with Gasteiger partial charge in [-0.1, -0.05) is 50.6 Å². The lowest BCUT2D eigenvalue weighted by Crippen LogP contribution is -2.50. The first-order valence-corrected chi connectivity index (χ1v) is 9.31. The summed E-state index contributed by atoms with van der Waals surface area (Å²) in [6, 6.07) is 11.0. The van der Waals surface area contributed by atoms with Crippen molar-refractivity contribution in [2.45, 2.75) is 64.0 Å². The summed E-state index contributed by atoms with van der Waals surface area (Å²) in [5.74, 6) is 0.920. The lowest BCUT2D eigenvalue weighted by atomic mass is 9.77. The number of nitrogens with one attached hydrogen (secondary N) is 3. The van der Waals surface area contributed by atoms with Gasteiger partial charge in [-0.25, -0.2) is 0 Å². The molecule has 4 unspecified atom stereocenters. The van der Waals surface area contributed by atoms with E-state index in [1.54, 1.807) is 0 Å². The van der Waals surface area contributed by atoms with Crippen molar-refractivity contribution in [2.75, 3.05) is 6.54 Å². The summed E-state index contributed by atoms with van der Waals surface area (Å²) in [6.45, 7) is 7.63. The van der Waals surface area contributed by atoms with Gasteiger partial charge in [0, 0.05) is 18.6 Å². The fourth-order valence-electron chi connectivity index (χ4n) is 4.51. The zero-order valence-corrected chi connectivity index (χ0v) is 15.1. The summed E-state index contributed by atoms with van der Waals surface area (Å²) in [6.07, 6.45) is 4.32. The third-order valence-electron chi connectivity index (χ3n) is 5.76. The number of carbonyl (C=O) groups is 1. The highest BCUT2D eigenvalue weighted by Crippen LogP contribution is 2.32. The van der Waals surface area contributed by atoms with Crippen molar-refractivity contribution < 1.29 is 4.79 Å².